The predicted octanol–water partition coefficient (Wildman–Crippen LogP) is 2.21. The zero-order valence-corrected chi connectivity index (χ0v) is 18.0. The Hall–Kier alpha value is -2.78. The molecule has 1 aliphatic heterocycles. The zero-order chi connectivity index (χ0) is 21.5. The van der Waals surface area contributed by atoms with E-state index in [0.29, 0.717) is 11.3 Å². The van der Waals surface area contributed by atoms with Crippen molar-refractivity contribution in [2.75, 3.05) is 32.1 Å². The van der Waals surface area contributed by atoms with Crippen molar-refractivity contribution in [1.29, 1.82) is 0 Å². The number of rotatable bonds is 7. The van der Waals surface area contributed by atoms with E-state index in [1.54, 1.807) is 35.6 Å². The second-order valence-electron chi connectivity index (χ2n) is 7.24. The largest absolute Gasteiger partial charge is 0.468 e. The number of piperidine rings is 1. The van der Waals surface area contributed by atoms with Crippen molar-refractivity contribution in [3.63, 3.8) is 0 Å². The number of methoxy groups -OCH3 is 1. The first-order valence-corrected chi connectivity index (χ1v) is 10.7. The van der Waals surface area contributed by atoms with Crippen LogP contribution < -0.4 is 10.6 Å². The number of carbonyl (C=O) groups is 3. The van der Waals surface area contributed by atoms with Gasteiger partial charge in [0, 0.05) is 29.1 Å². The number of esters is 1. The van der Waals surface area contributed by atoms with Gasteiger partial charge in [-0.3, -0.25) is 19.3 Å². The van der Waals surface area contributed by atoms with Crippen LogP contribution in [-0.4, -0.2) is 54.4 Å². The van der Waals surface area contributed by atoms with E-state index in [4.69, 9.17) is 0 Å². The first-order valence-electron chi connectivity index (χ1n) is 9.84. The summed E-state index contributed by atoms with van der Waals surface area (Å²) in [5.74, 6) is -1.02. The van der Waals surface area contributed by atoms with Crippen LogP contribution in [0.5, 0.6) is 0 Å². The standard InChI is InChI=1S/C21H26N4O4S/c1-14-23-18(13-30-14)12-25-8-6-15(7-9-25)21(28)24-17-5-3-4-16(10-17)20(27)22-11-19(26)29-2/h3-5,10,13,15H,6-9,11-12H2,1-2H3,(H,22,27)(H,24,28). The summed E-state index contributed by atoms with van der Waals surface area (Å²) in [5, 5.41) is 8.55. The van der Waals surface area contributed by atoms with Gasteiger partial charge in [0.15, 0.2) is 0 Å². The van der Waals surface area contributed by atoms with Crippen molar-refractivity contribution in [2.45, 2.75) is 26.3 Å². The molecule has 3 rings (SSSR count). The van der Waals surface area contributed by atoms with E-state index in [9.17, 15) is 14.4 Å². The molecular weight excluding hydrogens is 404 g/mol. The molecule has 2 N–H and O–H groups in total. The minimum Gasteiger partial charge on any atom is -0.468 e. The molecule has 0 unspecified atom stereocenters. The normalized spacial score (nSPS) is 14.9. The molecule has 2 heterocycles. The molecule has 0 saturated carbocycles. The van der Waals surface area contributed by atoms with Gasteiger partial charge < -0.3 is 15.4 Å². The Bertz CT molecular complexity index is 906. The molecule has 1 saturated heterocycles. The quantitative estimate of drug-likeness (QED) is 0.653. The Morgan fingerprint density at radius 3 is 2.70 bits per heavy atom. The summed E-state index contributed by atoms with van der Waals surface area (Å²) < 4.78 is 4.50. The minimum absolute atomic E-state index is 0.0359. The number of hydrogen-bond acceptors (Lipinski definition) is 7. The van der Waals surface area contributed by atoms with E-state index in [2.05, 4.69) is 30.6 Å². The van der Waals surface area contributed by atoms with Crippen LogP contribution in [0, 0.1) is 12.8 Å². The molecule has 0 aliphatic carbocycles. The van der Waals surface area contributed by atoms with E-state index < -0.39 is 11.9 Å². The molecule has 9 heteroatoms. The lowest BCUT2D eigenvalue weighted by atomic mass is 9.95. The number of hydrogen-bond donors (Lipinski definition) is 2. The Kier molecular flexibility index (Phi) is 7.53. The highest BCUT2D eigenvalue weighted by molar-refractivity contribution is 7.09. The maximum absolute atomic E-state index is 12.7. The van der Waals surface area contributed by atoms with Crippen LogP contribution >= 0.6 is 11.3 Å². The second kappa shape index (κ2) is 10.3. The number of benzene rings is 1. The third kappa shape index (κ3) is 6.11. The van der Waals surface area contributed by atoms with E-state index in [1.165, 1.54) is 7.11 Å². The lowest BCUT2D eigenvalue weighted by Crippen LogP contribution is -2.37. The fraction of sp³-hybridized carbons (Fsp3) is 0.429. The Morgan fingerprint density at radius 2 is 2.03 bits per heavy atom. The van der Waals surface area contributed by atoms with Crippen LogP contribution in [-0.2, 0) is 20.9 Å². The number of likely N-dealkylation sites (tertiary alicyclic amines) is 1. The number of carbonyl (C=O) groups excluding carboxylic acids is 3. The van der Waals surface area contributed by atoms with Gasteiger partial charge in [0.1, 0.15) is 6.54 Å². The smallest absolute Gasteiger partial charge is 0.325 e. The first-order chi connectivity index (χ1) is 14.4. The lowest BCUT2D eigenvalue weighted by molar-refractivity contribution is -0.139. The molecule has 8 nitrogen and oxygen atoms in total. The molecule has 1 aromatic carbocycles. The highest BCUT2D eigenvalue weighted by atomic mass is 32.1. The highest BCUT2D eigenvalue weighted by Gasteiger charge is 2.25. The number of nitrogens with one attached hydrogen (secondary N) is 2. The van der Waals surface area contributed by atoms with E-state index in [0.717, 1.165) is 43.2 Å². The van der Waals surface area contributed by atoms with Gasteiger partial charge in [-0.05, 0) is 51.1 Å². The molecule has 0 bridgehead atoms. The molecule has 0 spiro atoms. The minimum atomic E-state index is -0.524. The summed E-state index contributed by atoms with van der Waals surface area (Å²) in [4.78, 5) is 42.8. The van der Waals surface area contributed by atoms with Gasteiger partial charge in [-0.25, -0.2) is 4.98 Å². The zero-order valence-electron chi connectivity index (χ0n) is 17.1. The first kappa shape index (κ1) is 21.9. The molecule has 1 aliphatic rings. The van der Waals surface area contributed by atoms with Gasteiger partial charge in [0.2, 0.25) is 5.91 Å². The summed E-state index contributed by atoms with van der Waals surface area (Å²) in [6.45, 7) is 4.32. The maximum Gasteiger partial charge on any atom is 0.325 e. The Balaban J connectivity index is 1.49. The molecule has 0 atom stereocenters. The average Bonchev–Trinajstić information content (AvgIpc) is 3.16. The van der Waals surface area contributed by atoms with E-state index in [1.807, 2.05) is 6.92 Å². The third-order valence-corrected chi connectivity index (χ3v) is 5.85. The Labute approximate surface area is 179 Å². The van der Waals surface area contributed by atoms with Crippen LogP contribution in [0.2, 0.25) is 0 Å². The van der Waals surface area contributed by atoms with Gasteiger partial charge in [0.05, 0.1) is 17.8 Å². The van der Waals surface area contributed by atoms with Crippen molar-refractivity contribution < 1.29 is 19.1 Å². The SMILES string of the molecule is COC(=O)CNC(=O)c1cccc(NC(=O)C2CCN(Cc3csc(C)n3)CC2)c1. The molecule has 1 fully saturated rings. The van der Waals surface area contributed by atoms with Crippen LogP contribution in [0.1, 0.15) is 33.9 Å². The fourth-order valence-corrected chi connectivity index (χ4v) is 3.98. The van der Waals surface area contributed by atoms with Gasteiger partial charge >= 0.3 is 5.97 Å². The molecule has 30 heavy (non-hydrogen) atoms. The predicted molar refractivity (Wildman–Crippen MR) is 114 cm³/mol. The second-order valence-corrected chi connectivity index (χ2v) is 8.30. The third-order valence-electron chi connectivity index (χ3n) is 5.02. The topological polar surface area (TPSA) is 101 Å². The number of aryl methyl sites for hydroxylation is 1. The number of anilines is 1. The summed E-state index contributed by atoms with van der Waals surface area (Å²) >= 11 is 1.65. The van der Waals surface area contributed by atoms with Crippen molar-refractivity contribution in [1.82, 2.24) is 15.2 Å². The summed E-state index contributed by atoms with van der Waals surface area (Å²) in [6, 6.07) is 6.67. The fourth-order valence-electron chi connectivity index (χ4n) is 3.37. The van der Waals surface area contributed by atoms with Gasteiger partial charge in [-0.15, -0.1) is 11.3 Å². The average molecular weight is 431 g/mol. The Morgan fingerprint density at radius 1 is 1.27 bits per heavy atom. The number of thiazole rings is 1. The van der Waals surface area contributed by atoms with E-state index >= 15 is 0 Å². The lowest BCUT2D eigenvalue weighted by Gasteiger charge is -2.30. The summed E-state index contributed by atoms with van der Waals surface area (Å²) in [6.07, 6.45) is 1.57. The highest BCUT2D eigenvalue weighted by Crippen LogP contribution is 2.22. The van der Waals surface area contributed by atoms with Gasteiger partial charge in [-0.1, -0.05) is 6.07 Å². The molecule has 2 amide bonds. The van der Waals surface area contributed by atoms with Crippen molar-refractivity contribution in [3.8, 4) is 0 Å². The number of aromatic nitrogens is 1. The van der Waals surface area contributed by atoms with Crippen LogP contribution in [0.3, 0.4) is 0 Å². The molecular formula is C21H26N4O4S. The molecule has 160 valence electrons. The van der Waals surface area contributed by atoms with Crippen molar-refractivity contribution in [2.24, 2.45) is 5.92 Å². The molecule has 2 aromatic rings. The molecule has 1 aromatic heterocycles. The summed E-state index contributed by atoms with van der Waals surface area (Å²) in [7, 11) is 1.26. The number of amides is 2. The van der Waals surface area contributed by atoms with Gasteiger partial charge in [0.25, 0.3) is 5.91 Å². The molecule has 0 radical (unpaired) electrons. The maximum atomic E-state index is 12.7. The number of ether oxygens (including phenoxy) is 1. The summed E-state index contributed by atoms with van der Waals surface area (Å²) in [5.41, 5.74) is 2.01. The van der Waals surface area contributed by atoms with Crippen LogP contribution in [0.15, 0.2) is 29.6 Å². The number of nitrogens with zero attached hydrogens (tertiary/aromatic N) is 2. The van der Waals surface area contributed by atoms with Gasteiger partial charge in [-0.2, -0.15) is 0 Å². The van der Waals surface area contributed by atoms with Crippen LogP contribution in [0.4, 0.5) is 5.69 Å². The van der Waals surface area contributed by atoms with Crippen LogP contribution in [0.25, 0.3) is 0 Å². The van der Waals surface area contributed by atoms with E-state index in [-0.39, 0.29) is 18.4 Å². The monoisotopic (exact) mass is 430 g/mol. The van der Waals surface area contributed by atoms with Crippen molar-refractivity contribution in [3.05, 3.63) is 45.9 Å². The van der Waals surface area contributed by atoms with Crippen molar-refractivity contribution >= 4 is 34.8 Å².